The second-order valence-corrected chi connectivity index (χ2v) is 20.6. The van der Waals surface area contributed by atoms with E-state index < -0.39 is 83.7 Å². The summed E-state index contributed by atoms with van der Waals surface area (Å²) in [4.78, 5) is 61.8. The van der Waals surface area contributed by atoms with Crippen LogP contribution in [0, 0.1) is 5.92 Å². The average Bonchev–Trinajstić information content (AvgIpc) is 3.96. The van der Waals surface area contributed by atoms with Crippen LogP contribution in [-0.2, 0) is 51.0 Å². The van der Waals surface area contributed by atoms with Gasteiger partial charge in [-0.25, -0.2) is 13.9 Å². The van der Waals surface area contributed by atoms with Crippen molar-refractivity contribution in [1.29, 1.82) is 0 Å². The Hall–Kier alpha value is -2.54. The summed E-state index contributed by atoms with van der Waals surface area (Å²) in [5, 5.41) is 20.9. The van der Waals surface area contributed by atoms with E-state index in [1.807, 2.05) is 0 Å². The smallest absolute Gasteiger partial charge is 0.462 e. The van der Waals surface area contributed by atoms with Gasteiger partial charge in [0.25, 0.3) is 0 Å². The number of ether oxygens (including phenoxy) is 4. The second-order valence-electron chi connectivity index (χ2n) is 17.6. The third-order valence-corrected chi connectivity index (χ3v) is 14.4. The Morgan fingerprint density at radius 1 is 0.803 bits per heavy atom. The van der Waals surface area contributed by atoms with E-state index >= 15 is 0 Å². The Labute approximate surface area is 390 Å². The fourth-order valence-electron chi connectivity index (χ4n) is 7.53. The Morgan fingerprint density at radius 3 is 2.11 bits per heavy atom. The van der Waals surface area contributed by atoms with Gasteiger partial charge >= 0.3 is 33.3 Å². The van der Waals surface area contributed by atoms with Crippen LogP contribution in [0.25, 0.3) is 0 Å². The van der Waals surface area contributed by atoms with E-state index in [-0.39, 0.29) is 18.7 Å². The van der Waals surface area contributed by atoms with Crippen molar-refractivity contribution < 1.29 is 71.0 Å². The maximum absolute atomic E-state index is 12.9. The Bertz CT molecular complexity index is 1740. The normalized spacial score (nSPS) is 23.3. The molecule has 21 heteroatoms. The van der Waals surface area contributed by atoms with E-state index in [1.54, 1.807) is 0 Å². The molecule has 2 saturated heterocycles. The van der Waals surface area contributed by atoms with E-state index in [2.05, 4.69) is 42.2 Å². The molecule has 2 aliphatic heterocycles. The molecular formula is C45H79N3O16P2. The fourth-order valence-corrected chi connectivity index (χ4v) is 9.64. The second kappa shape index (κ2) is 31.6. The number of nitrogens with two attached hydrogens (primary N) is 1. The molecule has 19 nitrogen and oxygen atoms in total. The predicted octanol–water partition coefficient (Wildman–Crippen LogP) is 8.12. The molecule has 10 atom stereocenters. The number of esters is 2. The van der Waals surface area contributed by atoms with Crippen molar-refractivity contribution in [2.45, 2.75) is 211 Å². The zero-order valence-electron chi connectivity index (χ0n) is 39.4. The van der Waals surface area contributed by atoms with Crippen LogP contribution < -0.4 is 11.4 Å². The molecule has 2 aliphatic rings. The van der Waals surface area contributed by atoms with Crippen LogP contribution in [0.1, 0.15) is 175 Å². The van der Waals surface area contributed by atoms with Gasteiger partial charge in [0, 0.05) is 19.0 Å². The highest BCUT2D eigenvalue weighted by Gasteiger charge is 2.46. The lowest BCUT2D eigenvalue weighted by atomic mass is 9.99. The molecule has 0 aromatic carbocycles. The van der Waals surface area contributed by atoms with Gasteiger partial charge in [-0.1, -0.05) is 129 Å². The molecule has 6 N–H and O–H groups in total. The number of phosphoric acid groups is 2. The summed E-state index contributed by atoms with van der Waals surface area (Å²) in [6.07, 6.45) is 20.4. The summed E-state index contributed by atoms with van der Waals surface area (Å²) < 4.78 is 62.5. The number of phosphoric ester groups is 2. The lowest BCUT2D eigenvalue weighted by molar-refractivity contribution is -0.161. The standard InChI is InChI=1S/C45H79N3O16P2/c1-4-6-7-8-15-20-25-36-37(62-36)26-21-16-13-18-23-28-41(50)61-35(31-58-40(49)27-22-17-12-10-9-11-14-19-24-34(3)5-2)32-59-65(54,55)64-66(56,57)60-33-38-42(51)43(52)44(63-38)48-30-29-39(46)47-45(48)53/h15,20,29-30,34-38,42-44,51-52H,4-14,16-19,21-28,31-33H2,1-3H3,(H,54,55)(H,56,57)(H2,46,47,53)/b20-15-/t34?,35-,36?,37?,38-,42-,43-,44-/m1/s1. The van der Waals surface area contributed by atoms with Crippen LogP contribution in [0.3, 0.4) is 0 Å². The fraction of sp³-hybridized carbons (Fsp3) is 0.822. The summed E-state index contributed by atoms with van der Waals surface area (Å²) in [5.74, 6) is -0.545. The molecule has 66 heavy (non-hydrogen) atoms. The topological polar surface area (TPSA) is 278 Å². The molecule has 0 radical (unpaired) electrons. The Kier molecular flexibility index (Phi) is 27.6. The molecule has 3 heterocycles. The number of carbonyl (C=O) groups excluding carboxylic acids is 2. The lowest BCUT2D eigenvalue weighted by Gasteiger charge is -2.21. The van der Waals surface area contributed by atoms with Gasteiger partial charge in [0.15, 0.2) is 12.3 Å². The first-order chi connectivity index (χ1) is 31.5. The summed E-state index contributed by atoms with van der Waals surface area (Å²) >= 11 is 0. The molecule has 0 aliphatic carbocycles. The number of aliphatic hydroxyl groups excluding tert-OH is 2. The summed E-state index contributed by atoms with van der Waals surface area (Å²) in [7, 11) is -10.8. The van der Waals surface area contributed by atoms with Gasteiger partial charge < -0.3 is 44.7 Å². The van der Waals surface area contributed by atoms with E-state index in [9.17, 15) is 43.5 Å². The highest BCUT2D eigenvalue weighted by Crippen LogP contribution is 2.60. The zero-order valence-corrected chi connectivity index (χ0v) is 41.2. The van der Waals surface area contributed by atoms with Gasteiger partial charge in [-0.2, -0.15) is 9.29 Å². The minimum absolute atomic E-state index is 0.0296. The molecule has 2 fully saturated rings. The number of hydrogen-bond acceptors (Lipinski definition) is 16. The minimum Gasteiger partial charge on any atom is -0.462 e. The molecule has 1 aromatic rings. The number of epoxide rings is 1. The molecule has 1 aromatic heterocycles. The molecule has 0 spiro atoms. The monoisotopic (exact) mass is 979 g/mol. The van der Waals surface area contributed by atoms with Crippen molar-refractivity contribution in [2.24, 2.45) is 5.92 Å². The number of hydrogen-bond donors (Lipinski definition) is 5. The van der Waals surface area contributed by atoms with E-state index in [1.165, 1.54) is 57.4 Å². The molecular weight excluding hydrogens is 900 g/mol. The van der Waals surface area contributed by atoms with Gasteiger partial charge in [-0.15, -0.1) is 0 Å². The Balaban J connectivity index is 1.42. The van der Waals surface area contributed by atoms with E-state index in [4.69, 9.17) is 33.7 Å². The highest BCUT2D eigenvalue weighted by molar-refractivity contribution is 7.61. The quantitative estimate of drug-likeness (QED) is 0.0137. The van der Waals surface area contributed by atoms with Crippen molar-refractivity contribution in [3.63, 3.8) is 0 Å². The van der Waals surface area contributed by atoms with Crippen LogP contribution in [0.15, 0.2) is 29.2 Å². The lowest BCUT2D eigenvalue weighted by Crippen LogP contribution is -2.36. The van der Waals surface area contributed by atoms with Crippen molar-refractivity contribution in [1.82, 2.24) is 9.55 Å². The van der Waals surface area contributed by atoms with Crippen molar-refractivity contribution in [2.75, 3.05) is 25.6 Å². The number of aliphatic hydroxyl groups is 2. The van der Waals surface area contributed by atoms with Crippen molar-refractivity contribution in [3.05, 3.63) is 34.9 Å². The van der Waals surface area contributed by atoms with Crippen molar-refractivity contribution in [3.8, 4) is 0 Å². The number of allylic oxidation sites excluding steroid dienone is 1. The number of aromatic nitrogens is 2. The van der Waals surface area contributed by atoms with E-state index in [0.29, 0.717) is 25.0 Å². The summed E-state index contributed by atoms with van der Waals surface area (Å²) in [5.41, 5.74) is 4.58. The van der Waals surface area contributed by atoms with Gasteiger partial charge in [0.2, 0.25) is 0 Å². The third kappa shape index (κ3) is 24.1. The molecule has 0 bridgehead atoms. The van der Waals surface area contributed by atoms with Gasteiger partial charge in [-0.3, -0.25) is 23.2 Å². The molecule has 3 rings (SSSR count). The van der Waals surface area contributed by atoms with Crippen LogP contribution in [0.4, 0.5) is 5.82 Å². The average molecular weight is 980 g/mol. The zero-order chi connectivity index (χ0) is 48.4. The van der Waals surface area contributed by atoms with Gasteiger partial charge in [0.05, 0.1) is 25.4 Å². The van der Waals surface area contributed by atoms with Gasteiger partial charge in [-0.05, 0) is 50.5 Å². The maximum atomic E-state index is 12.9. The number of rotatable bonds is 38. The minimum atomic E-state index is -5.43. The number of nitrogen functional groups attached to an aromatic ring is 1. The Morgan fingerprint density at radius 2 is 1.44 bits per heavy atom. The third-order valence-electron chi connectivity index (χ3n) is 11.8. The maximum Gasteiger partial charge on any atom is 0.481 e. The molecule has 5 unspecified atom stereocenters. The predicted molar refractivity (Wildman–Crippen MR) is 247 cm³/mol. The number of carbonyl (C=O) groups is 2. The molecule has 0 saturated carbocycles. The number of unbranched alkanes of at least 4 members (excludes halogenated alkanes) is 14. The largest absolute Gasteiger partial charge is 0.481 e. The van der Waals surface area contributed by atoms with Crippen molar-refractivity contribution >= 4 is 33.4 Å². The van der Waals surface area contributed by atoms with Crippen LogP contribution in [0.5, 0.6) is 0 Å². The SMILES string of the molecule is CCCCC/C=C\CC1OC1CCCCCCCC(=O)O[C@H](COC(=O)CCCCCCCCCCC(C)CC)COP(=O)(O)OP(=O)(O)OC[C@H]1O[C@@H](n2ccc(N)nc2=O)[C@H](O)[C@@H]1O. The number of nitrogens with zero attached hydrogens (tertiary/aromatic N) is 2. The van der Waals surface area contributed by atoms with Crippen LogP contribution >= 0.6 is 15.6 Å². The molecule has 380 valence electrons. The first kappa shape index (κ1) is 57.8. The molecule has 0 amide bonds. The number of anilines is 1. The van der Waals surface area contributed by atoms with E-state index in [0.717, 1.165) is 87.3 Å². The van der Waals surface area contributed by atoms with Crippen LogP contribution in [-0.4, -0.2) is 97.9 Å². The first-order valence-electron chi connectivity index (χ1n) is 24.2. The van der Waals surface area contributed by atoms with Gasteiger partial charge in [0.1, 0.15) is 30.7 Å². The first-order valence-corrected chi connectivity index (χ1v) is 27.2. The van der Waals surface area contributed by atoms with Crippen LogP contribution in [0.2, 0.25) is 0 Å². The summed E-state index contributed by atoms with van der Waals surface area (Å²) in [6, 6.07) is 1.25. The highest BCUT2D eigenvalue weighted by atomic mass is 31.3. The summed E-state index contributed by atoms with van der Waals surface area (Å²) in [6.45, 7) is 4.38.